The van der Waals surface area contributed by atoms with Crippen LogP contribution in [0.5, 0.6) is 0 Å². The van der Waals surface area contributed by atoms with Crippen LogP contribution in [0.4, 0.5) is 22.8 Å². The largest absolute Gasteiger partial charge is 0.453 e. The number of aromatic nitrogens is 3. The highest BCUT2D eigenvalue weighted by Crippen LogP contribution is 2.48. The van der Waals surface area contributed by atoms with Crippen LogP contribution in [0.1, 0.15) is 35.3 Å². The number of carbonyl (C=O) groups is 2. The third-order valence-electron chi connectivity index (χ3n) is 6.59. The molecule has 0 unspecified atom stereocenters. The molecule has 11 nitrogen and oxygen atoms in total. The highest BCUT2D eigenvalue weighted by molar-refractivity contribution is 7.11. The summed E-state index contributed by atoms with van der Waals surface area (Å²) in [6.45, 7) is -3.12. The molecule has 2 N–H and O–H groups in total. The van der Waals surface area contributed by atoms with E-state index in [1.54, 1.807) is 16.5 Å². The van der Waals surface area contributed by atoms with Gasteiger partial charge in [0.1, 0.15) is 24.0 Å². The van der Waals surface area contributed by atoms with Crippen LogP contribution in [0.3, 0.4) is 0 Å². The fraction of sp³-hybridized carbons (Fsp3) is 0.320. The first-order valence-corrected chi connectivity index (χ1v) is 13.4. The Balaban J connectivity index is 1.73. The number of nitrogens with one attached hydrogen (secondary N) is 2. The van der Waals surface area contributed by atoms with Crippen molar-refractivity contribution in [1.82, 2.24) is 30.3 Å². The third-order valence-corrected chi connectivity index (χ3v) is 7.68. The lowest BCUT2D eigenvalue weighted by Crippen LogP contribution is -2.54. The van der Waals surface area contributed by atoms with E-state index >= 15 is 0 Å². The van der Waals surface area contributed by atoms with Gasteiger partial charge < -0.3 is 25.0 Å². The van der Waals surface area contributed by atoms with Crippen molar-refractivity contribution in [2.45, 2.75) is 24.6 Å². The van der Waals surface area contributed by atoms with Crippen molar-refractivity contribution >= 4 is 46.5 Å². The Labute approximate surface area is 240 Å². The van der Waals surface area contributed by atoms with Crippen LogP contribution in [0.15, 0.2) is 52.7 Å². The molecule has 216 valence electrons. The van der Waals surface area contributed by atoms with E-state index in [9.17, 15) is 22.8 Å². The monoisotopic (exact) mass is 609 g/mol. The van der Waals surface area contributed by atoms with Crippen molar-refractivity contribution in [2.24, 2.45) is 4.99 Å². The van der Waals surface area contributed by atoms with Gasteiger partial charge in [0, 0.05) is 53.1 Å². The molecule has 0 saturated carbocycles. The summed E-state index contributed by atoms with van der Waals surface area (Å²) in [5, 5.41) is 11.6. The Morgan fingerprint density at radius 2 is 2.10 bits per heavy atom. The molecule has 1 saturated heterocycles. The summed E-state index contributed by atoms with van der Waals surface area (Å²) in [5.41, 5.74) is 0.263. The maximum Gasteiger partial charge on any atom is 0.407 e. The molecule has 1 aromatic carbocycles. The summed E-state index contributed by atoms with van der Waals surface area (Å²) in [6, 6.07) is 4.33. The van der Waals surface area contributed by atoms with Crippen LogP contribution >= 0.6 is 22.9 Å². The SMILES string of the molecule is CNC(=O)OC[C@@]1(NC(=O)OC)CC2=C(c3ccn(C(F)F)n3)[C@H](c3ccc(F)cc3Cl)N=C(c3nccs3)N2C1. The van der Waals surface area contributed by atoms with Gasteiger partial charge in [0.15, 0.2) is 10.8 Å². The molecule has 3 aromatic rings. The van der Waals surface area contributed by atoms with Crippen LogP contribution < -0.4 is 10.6 Å². The number of alkyl carbamates (subject to hydrolysis) is 2. The zero-order chi connectivity index (χ0) is 29.3. The lowest BCUT2D eigenvalue weighted by molar-refractivity contribution is 0.0564. The number of amidine groups is 1. The van der Waals surface area contributed by atoms with E-state index in [1.165, 1.54) is 43.7 Å². The average molecular weight is 610 g/mol. The van der Waals surface area contributed by atoms with Gasteiger partial charge in [-0.2, -0.15) is 13.9 Å². The number of benzene rings is 1. The number of carbonyl (C=O) groups excluding carboxylic acids is 2. The molecule has 0 spiro atoms. The second-order valence-corrected chi connectivity index (χ2v) is 10.5. The minimum atomic E-state index is -2.90. The van der Waals surface area contributed by atoms with Crippen LogP contribution in [-0.2, 0) is 9.47 Å². The van der Waals surface area contributed by atoms with E-state index in [4.69, 9.17) is 26.1 Å². The predicted octanol–water partition coefficient (Wildman–Crippen LogP) is 4.60. The smallest absolute Gasteiger partial charge is 0.407 e. The number of ether oxygens (including phenoxy) is 2. The average Bonchev–Trinajstić information content (AvgIpc) is 3.71. The van der Waals surface area contributed by atoms with Gasteiger partial charge in [-0.15, -0.1) is 11.3 Å². The minimum Gasteiger partial charge on any atom is -0.453 e. The van der Waals surface area contributed by atoms with Crippen LogP contribution in [0, 0.1) is 5.82 Å². The fourth-order valence-electron chi connectivity index (χ4n) is 4.82. The molecule has 1 fully saturated rings. The second kappa shape index (κ2) is 11.4. The van der Waals surface area contributed by atoms with Gasteiger partial charge in [0.25, 0.3) is 0 Å². The summed E-state index contributed by atoms with van der Waals surface area (Å²) in [4.78, 5) is 35.6. The summed E-state index contributed by atoms with van der Waals surface area (Å²) in [7, 11) is 2.59. The number of hydrogen-bond donors (Lipinski definition) is 2. The van der Waals surface area contributed by atoms with Crippen LogP contribution in [0.2, 0.25) is 5.02 Å². The van der Waals surface area contributed by atoms with Crippen LogP contribution in [-0.4, -0.2) is 70.5 Å². The van der Waals surface area contributed by atoms with Gasteiger partial charge in [-0.05, 0) is 18.2 Å². The Morgan fingerprint density at radius 1 is 1.29 bits per heavy atom. The molecular formula is C25H23ClF3N7O4S. The first-order chi connectivity index (χ1) is 19.6. The molecule has 2 aliphatic rings. The molecule has 0 radical (unpaired) electrons. The first kappa shape index (κ1) is 28.4. The van der Waals surface area contributed by atoms with Gasteiger partial charge >= 0.3 is 18.7 Å². The first-order valence-electron chi connectivity index (χ1n) is 12.1. The Hall–Kier alpha value is -4.11. The number of fused-ring (bicyclic) bond motifs is 1. The maximum absolute atomic E-state index is 14.0. The molecule has 2 aliphatic heterocycles. The standard InChI is InChI=1S/C25H23ClF3N7O4S/c1-30-23(37)40-12-25(33-24(38)39-2)10-17-18(16-5-7-36(34-16)22(28)29)19(14-4-3-13(27)9-15(14)26)32-20(35(17)11-25)21-31-6-8-41-21/h3-9,19,22H,10-12H2,1-2H3,(H,30,37)(H,33,38)/t19-,25+/m0/s1. The summed E-state index contributed by atoms with van der Waals surface area (Å²) in [6.07, 6.45) is 1.27. The van der Waals surface area contributed by atoms with Gasteiger partial charge in [-0.1, -0.05) is 17.7 Å². The molecule has 0 aliphatic carbocycles. The van der Waals surface area contributed by atoms with Crippen molar-refractivity contribution < 1.29 is 32.2 Å². The van der Waals surface area contributed by atoms with E-state index < -0.39 is 36.1 Å². The van der Waals surface area contributed by atoms with Crippen molar-refractivity contribution in [3.05, 3.63) is 74.8 Å². The number of halogens is 4. The summed E-state index contributed by atoms with van der Waals surface area (Å²) >= 11 is 7.79. The maximum atomic E-state index is 14.0. The second-order valence-electron chi connectivity index (χ2n) is 9.16. The number of rotatable bonds is 7. The summed E-state index contributed by atoms with van der Waals surface area (Å²) in [5.74, 6) is -0.170. The Bertz CT molecular complexity index is 1530. The van der Waals surface area contributed by atoms with E-state index in [-0.39, 0.29) is 30.3 Å². The normalized spacial score (nSPS) is 20.1. The van der Waals surface area contributed by atoms with Gasteiger partial charge in [0.05, 0.1) is 19.3 Å². The highest BCUT2D eigenvalue weighted by atomic mass is 35.5. The number of alkyl halides is 2. The van der Waals surface area contributed by atoms with Gasteiger partial charge in [-0.25, -0.2) is 23.6 Å². The highest BCUT2D eigenvalue weighted by Gasteiger charge is 2.50. The van der Waals surface area contributed by atoms with Crippen molar-refractivity contribution in [1.29, 1.82) is 0 Å². The van der Waals surface area contributed by atoms with Crippen molar-refractivity contribution in [2.75, 3.05) is 27.3 Å². The van der Waals surface area contributed by atoms with Crippen molar-refractivity contribution in [3.8, 4) is 0 Å². The van der Waals surface area contributed by atoms with Gasteiger partial charge in [0.2, 0.25) is 0 Å². The summed E-state index contributed by atoms with van der Waals surface area (Å²) < 4.78 is 51.9. The molecule has 2 atom stereocenters. The molecular weight excluding hydrogens is 587 g/mol. The molecule has 5 rings (SSSR count). The van der Waals surface area contributed by atoms with E-state index in [1.807, 2.05) is 0 Å². The molecule has 0 bridgehead atoms. The lowest BCUT2D eigenvalue weighted by Gasteiger charge is -2.32. The molecule has 2 aromatic heterocycles. The van der Waals surface area contributed by atoms with Crippen LogP contribution in [0.25, 0.3) is 5.57 Å². The minimum absolute atomic E-state index is 0.0513. The Morgan fingerprint density at radius 3 is 2.73 bits per heavy atom. The van der Waals surface area contributed by atoms with E-state index in [2.05, 4.69) is 20.7 Å². The number of thiazole rings is 1. The predicted molar refractivity (Wildman–Crippen MR) is 143 cm³/mol. The third kappa shape index (κ3) is 5.59. The van der Waals surface area contributed by atoms with Gasteiger partial charge in [-0.3, -0.25) is 4.99 Å². The zero-order valence-corrected chi connectivity index (χ0v) is 23.2. The zero-order valence-electron chi connectivity index (χ0n) is 21.6. The topological polar surface area (TPSA) is 123 Å². The van der Waals surface area contributed by atoms with E-state index in [0.717, 1.165) is 12.3 Å². The van der Waals surface area contributed by atoms with Crippen molar-refractivity contribution in [3.63, 3.8) is 0 Å². The molecule has 16 heteroatoms. The number of aliphatic imine (C=N–C) groups is 1. The lowest BCUT2D eigenvalue weighted by atomic mass is 9.90. The molecule has 4 heterocycles. The Kier molecular flexibility index (Phi) is 7.91. The number of amides is 2. The number of methoxy groups -OCH3 is 1. The number of hydrogen-bond acceptors (Lipinski definition) is 9. The molecule has 2 amide bonds. The quantitative estimate of drug-likeness (QED) is 0.401. The molecule has 41 heavy (non-hydrogen) atoms. The fourth-order valence-corrected chi connectivity index (χ4v) is 5.73. The number of nitrogens with zero attached hydrogens (tertiary/aromatic N) is 5. The van der Waals surface area contributed by atoms with E-state index in [0.29, 0.717) is 32.4 Å².